The number of aromatic amines is 1. The maximum absolute atomic E-state index is 11.8. The summed E-state index contributed by atoms with van der Waals surface area (Å²) in [5, 5.41) is 14.3. The molecule has 0 aliphatic rings. The lowest BCUT2D eigenvalue weighted by Gasteiger charge is -2.07. The fraction of sp³-hybridized carbons (Fsp3) is 0.500. The Labute approximate surface area is 99.1 Å². The highest BCUT2D eigenvalue weighted by Crippen LogP contribution is 2.22. The lowest BCUT2D eigenvalue weighted by molar-refractivity contribution is 0.422. The lowest BCUT2D eigenvalue weighted by atomic mass is 10.1. The molecule has 0 amide bonds. The summed E-state index contributed by atoms with van der Waals surface area (Å²) in [6.07, 6.45) is 1.81. The zero-order valence-corrected chi connectivity index (χ0v) is 10.3. The highest BCUT2D eigenvalue weighted by molar-refractivity contribution is 5.44. The Kier molecular flexibility index (Phi) is 2.92. The van der Waals surface area contributed by atoms with Crippen molar-refractivity contribution in [1.82, 2.24) is 14.6 Å². The fourth-order valence-electron chi connectivity index (χ4n) is 1.98. The van der Waals surface area contributed by atoms with Gasteiger partial charge in [-0.2, -0.15) is 9.61 Å². The van der Waals surface area contributed by atoms with Gasteiger partial charge in [0.2, 0.25) is 5.88 Å². The maximum Gasteiger partial charge on any atom is 0.258 e. The minimum absolute atomic E-state index is 0.0398. The maximum atomic E-state index is 11.8. The van der Waals surface area contributed by atoms with E-state index in [1.54, 1.807) is 6.07 Å². The number of nitrogens with one attached hydrogen (secondary N) is 1. The summed E-state index contributed by atoms with van der Waals surface area (Å²) in [5.74, 6) is -0.0944. The molecule has 2 heterocycles. The smallest absolute Gasteiger partial charge is 0.258 e. The molecule has 0 saturated carbocycles. The zero-order valence-electron chi connectivity index (χ0n) is 10.3. The van der Waals surface area contributed by atoms with E-state index in [0.717, 1.165) is 18.5 Å². The molecular formula is C12H17N3O2. The molecular weight excluding hydrogens is 218 g/mol. The molecule has 0 aliphatic heterocycles. The number of rotatable bonds is 3. The summed E-state index contributed by atoms with van der Waals surface area (Å²) < 4.78 is 1.40. The van der Waals surface area contributed by atoms with Crippen LogP contribution in [-0.4, -0.2) is 19.7 Å². The third kappa shape index (κ3) is 1.92. The number of fused-ring (bicyclic) bond motifs is 1. The van der Waals surface area contributed by atoms with Crippen molar-refractivity contribution in [2.24, 2.45) is 0 Å². The number of hydrogen-bond donors (Lipinski definition) is 2. The van der Waals surface area contributed by atoms with E-state index in [4.69, 9.17) is 0 Å². The van der Waals surface area contributed by atoms with Crippen LogP contribution in [0.4, 0.5) is 0 Å². The predicted molar refractivity (Wildman–Crippen MR) is 65.6 cm³/mol. The first-order valence-electron chi connectivity index (χ1n) is 5.88. The van der Waals surface area contributed by atoms with Gasteiger partial charge in [0.05, 0.1) is 11.3 Å². The average molecular weight is 235 g/mol. The summed E-state index contributed by atoms with van der Waals surface area (Å²) in [7, 11) is 0. The van der Waals surface area contributed by atoms with Gasteiger partial charge in [0.15, 0.2) is 0 Å². The van der Waals surface area contributed by atoms with Gasteiger partial charge >= 0.3 is 0 Å². The van der Waals surface area contributed by atoms with E-state index in [9.17, 15) is 9.90 Å². The van der Waals surface area contributed by atoms with Crippen molar-refractivity contribution in [2.45, 2.75) is 39.5 Å². The lowest BCUT2D eigenvalue weighted by Crippen LogP contribution is -2.16. The number of H-pyrrole nitrogens is 1. The first kappa shape index (κ1) is 11.7. The van der Waals surface area contributed by atoms with Crippen LogP contribution in [0.5, 0.6) is 5.88 Å². The van der Waals surface area contributed by atoms with Gasteiger partial charge in [-0.15, -0.1) is 0 Å². The predicted octanol–water partition coefficient (Wildman–Crippen LogP) is 1.80. The second kappa shape index (κ2) is 4.24. The Morgan fingerprint density at radius 3 is 2.82 bits per heavy atom. The van der Waals surface area contributed by atoms with Crippen LogP contribution in [0, 0.1) is 0 Å². The average Bonchev–Trinajstić information content (AvgIpc) is 2.60. The first-order valence-corrected chi connectivity index (χ1v) is 5.88. The Bertz CT molecular complexity index is 596. The van der Waals surface area contributed by atoms with Crippen molar-refractivity contribution < 1.29 is 5.11 Å². The van der Waals surface area contributed by atoms with E-state index in [2.05, 4.69) is 17.0 Å². The van der Waals surface area contributed by atoms with E-state index < -0.39 is 0 Å². The zero-order chi connectivity index (χ0) is 12.6. The molecule has 2 rings (SSSR count). The minimum atomic E-state index is -0.243. The Morgan fingerprint density at radius 1 is 1.53 bits per heavy atom. The molecule has 0 aromatic carbocycles. The van der Waals surface area contributed by atoms with E-state index in [1.807, 2.05) is 13.8 Å². The van der Waals surface area contributed by atoms with Crippen LogP contribution in [-0.2, 0) is 6.42 Å². The Morgan fingerprint density at radius 2 is 2.24 bits per heavy atom. The second-order valence-electron chi connectivity index (χ2n) is 4.53. The molecule has 17 heavy (non-hydrogen) atoms. The van der Waals surface area contributed by atoms with E-state index in [1.165, 1.54) is 4.52 Å². The van der Waals surface area contributed by atoms with Crippen LogP contribution in [0.15, 0.2) is 10.9 Å². The van der Waals surface area contributed by atoms with Gasteiger partial charge in [0.1, 0.15) is 5.65 Å². The van der Waals surface area contributed by atoms with Gasteiger partial charge in [0.25, 0.3) is 5.56 Å². The fourth-order valence-corrected chi connectivity index (χ4v) is 1.98. The van der Waals surface area contributed by atoms with E-state index in [-0.39, 0.29) is 17.4 Å². The summed E-state index contributed by atoms with van der Waals surface area (Å²) in [5.41, 5.74) is 1.55. The third-order valence-corrected chi connectivity index (χ3v) is 2.77. The molecule has 5 nitrogen and oxygen atoms in total. The van der Waals surface area contributed by atoms with Crippen LogP contribution < -0.4 is 5.56 Å². The standard InChI is InChI=1S/C12H17N3O2/c1-4-5-8-6-9-13-11(16)10(7(2)3)12(17)15(9)14-8/h6-7,17H,4-5H2,1-3H3,(H,13,16). The number of aryl methyl sites for hydroxylation is 1. The highest BCUT2D eigenvalue weighted by Gasteiger charge is 2.16. The molecule has 0 unspecified atom stereocenters. The van der Waals surface area contributed by atoms with Crippen LogP contribution in [0.25, 0.3) is 5.65 Å². The summed E-state index contributed by atoms with van der Waals surface area (Å²) in [6.45, 7) is 5.80. The molecule has 0 bridgehead atoms. The molecule has 2 N–H and O–H groups in total. The molecule has 92 valence electrons. The quantitative estimate of drug-likeness (QED) is 0.852. The van der Waals surface area contributed by atoms with Crippen LogP contribution in [0.3, 0.4) is 0 Å². The van der Waals surface area contributed by atoms with Crippen molar-refractivity contribution in [1.29, 1.82) is 0 Å². The van der Waals surface area contributed by atoms with Gasteiger partial charge in [-0.1, -0.05) is 27.2 Å². The van der Waals surface area contributed by atoms with Crippen molar-refractivity contribution in [3.05, 3.63) is 27.7 Å². The second-order valence-corrected chi connectivity index (χ2v) is 4.53. The van der Waals surface area contributed by atoms with Gasteiger partial charge in [-0.05, 0) is 12.3 Å². The molecule has 2 aromatic rings. The first-order chi connectivity index (χ1) is 8.04. The van der Waals surface area contributed by atoms with Crippen molar-refractivity contribution in [3.63, 3.8) is 0 Å². The number of hydrogen-bond acceptors (Lipinski definition) is 3. The summed E-state index contributed by atoms with van der Waals surface area (Å²) in [6, 6.07) is 1.80. The molecule has 5 heteroatoms. The monoisotopic (exact) mass is 235 g/mol. The molecule has 2 aromatic heterocycles. The highest BCUT2D eigenvalue weighted by atomic mass is 16.3. The van der Waals surface area contributed by atoms with Crippen LogP contribution in [0.2, 0.25) is 0 Å². The van der Waals surface area contributed by atoms with Gasteiger partial charge in [-0.3, -0.25) is 4.79 Å². The van der Waals surface area contributed by atoms with Gasteiger partial charge < -0.3 is 10.1 Å². The van der Waals surface area contributed by atoms with Crippen LogP contribution >= 0.6 is 0 Å². The number of aromatic hydroxyl groups is 1. The molecule has 0 atom stereocenters. The van der Waals surface area contributed by atoms with E-state index >= 15 is 0 Å². The summed E-state index contributed by atoms with van der Waals surface area (Å²) in [4.78, 5) is 14.6. The molecule has 0 spiro atoms. The van der Waals surface area contributed by atoms with E-state index in [0.29, 0.717) is 11.2 Å². The Hall–Kier alpha value is -1.78. The Balaban J connectivity index is 2.69. The molecule has 0 radical (unpaired) electrons. The number of nitrogens with zero attached hydrogens (tertiary/aromatic N) is 2. The van der Waals surface area contributed by atoms with Gasteiger partial charge in [-0.25, -0.2) is 0 Å². The summed E-state index contributed by atoms with van der Waals surface area (Å²) >= 11 is 0. The van der Waals surface area contributed by atoms with Crippen molar-refractivity contribution in [2.75, 3.05) is 0 Å². The normalized spacial score (nSPS) is 11.5. The molecule has 0 fully saturated rings. The van der Waals surface area contributed by atoms with Crippen molar-refractivity contribution in [3.8, 4) is 5.88 Å². The SMILES string of the molecule is CCCc1cc2[nH]c(=O)c(C(C)C)c(O)n2n1. The third-order valence-electron chi connectivity index (χ3n) is 2.77. The number of aromatic nitrogens is 3. The minimum Gasteiger partial charge on any atom is -0.493 e. The molecule has 0 saturated heterocycles. The van der Waals surface area contributed by atoms with Gasteiger partial charge in [0, 0.05) is 6.07 Å². The molecule has 0 aliphatic carbocycles. The largest absolute Gasteiger partial charge is 0.493 e. The van der Waals surface area contributed by atoms with Crippen LogP contribution in [0.1, 0.15) is 44.4 Å². The topological polar surface area (TPSA) is 70.4 Å². The van der Waals surface area contributed by atoms with Crippen molar-refractivity contribution >= 4 is 5.65 Å².